The van der Waals surface area contributed by atoms with Gasteiger partial charge in [0.15, 0.2) is 0 Å². The van der Waals surface area contributed by atoms with Crippen molar-refractivity contribution in [1.29, 1.82) is 0 Å². The number of carbonyl (C=O) groups is 2. The van der Waals surface area contributed by atoms with E-state index in [0.717, 1.165) is 73.3 Å². The maximum absolute atomic E-state index is 17.1. The van der Waals surface area contributed by atoms with E-state index in [1.54, 1.807) is 20.8 Å². The van der Waals surface area contributed by atoms with Crippen LogP contribution in [0.25, 0.3) is 11.1 Å². The summed E-state index contributed by atoms with van der Waals surface area (Å²) in [6.07, 6.45) is -3.41. The average Bonchev–Trinajstić information content (AvgIpc) is 3.08. The minimum absolute atomic E-state index is 0.00565. The van der Waals surface area contributed by atoms with Gasteiger partial charge in [0.25, 0.3) is 5.56 Å². The van der Waals surface area contributed by atoms with Crippen LogP contribution in [0.4, 0.5) is 27.6 Å². The number of piperazine rings is 1. The third kappa shape index (κ3) is 9.79. The van der Waals surface area contributed by atoms with Gasteiger partial charge < -0.3 is 29.3 Å². The van der Waals surface area contributed by atoms with E-state index in [2.05, 4.69) is 22.2 Å². The number of alkyl halides is 3. The summed E-state index contributed by atoms with van der Waals surface area (Å²) in [4.78, 5) is 47.3. The van der Waals surface area contributed by atoms with Crippen molar-refractivity contribution in [2.75, 3.05) is 64.4 Å². The van der Waals surface area contributed by atoms with Gasteiger partial charge in [0, 0.05) is 61.8 Å². The van der Waals surface area contributed by atoms with Gasteiger partial charge >= 0.3 is 12.1 Å². The quantitative estimate of drug-likeness (QED) is 0.138. The Morgan fingerprint density at radius 1 is 0.911 bits per heavy atom. The molecule has 0 bridgehead atoms. The molecule has 2 atom stereocenters. The fourth-order valence-electron chi connectivity index (χ4n) is 7.75. The van der Waals surface area contributed by atoms with Crippen LogP contribution in [0.2, 0.25) is 0 Å². The van der Waals surface area contributed by atoms with Crippen LogP contribution in [-0.2, 0) is 26.9 Å². The molecule has 0 radical (unpaired) electrons. The van der Waals surface area contributed by atoms with Crippen molar-refractivity contribution in [1.82, 2.24) is 19.7 Å². The Morgan fingerprint density at radius 3 is 2.11 bits per heavy atom. The van der Waals surface area contributed by atoms with Crippen molar-refractivity contribution in [2.45, 2.75) is 85.5 Å². The van der Waals surface area contributed by atoms with Gasteiger partial charge in [-0.15, -0.1) is 0 Å². The molecule has 3 aromatic rings. The first-order chi connectivity index (χ1) is 26.4. The second-order valence-electron chi connectivity index (χ2n) is 15.6. The maximum Gasteiger partial charge on any atom is 0.416 e. The zero-order valence-electron chi connectivity index (χ0n) is 33.4. The molecule has 14 heteroatoms. The Morgan fingerprint density at radius 2 is 1.55 bits per heavy atom. The predicted octanol–water partition coefficient (Wildman–Crippen LogP) is 7.14. The third-order valence-electron chi connectivity index (χ3n) is 10.9. The molecule has 306 valence electrons. The number of pyridine rings is 1. The summed E-state index contributed by atoms with van der Waals surface area (Å²) in [6.45, 7) is 15.6. The van der Waals surface area contributed by atoms with E-state index in [4.69, 9.17) is 4.74 Å². The number of amides is 1. The zero-order chi connectivity index (χ0) is 41.1. The number of carbonyl (C=O) groups excluding carboxylic acids is 2. The fourth-order valence-corrected chi connectivity index (χ4v) is 7.75. The Bertz CT molecular complexity index is 1940. The highest BCUT2D eigenvalue weighted by Gasteiger charge is 2.37. The molecule has 2 aliphatic rings. The lowest BCUT2D eigenvalue weighted by Crippen LogP contribution is -2.44. The molecule has 2 saturated heterocycles. The van der Waals surface area contributed by atoms with E-state index in [9.17, 15) is 27.6 Å². The standard InChI is InChI=1S/C42H54F5N5O4/c1-8-56-36(54)23-33(38-39(43)28(6)21-31(40(38)44)37-26(4)19-30(20-27(37)5)51-16-14-49(7)15-17-51)48-41(55)34(18-25(2)3)52-24-29(10-13-50-11-9-12-50)32(22-35(52)53)42(45,46)47/h19-22,24-25,33-34H,8-18,23H2,1-7H3,(H,48,55)/t33-,34-/m0/s1. The number of ether oxygens (including phenoxy) is 1. The lowest BCUT2D eigenvalue weighted by Gasteiger charge is -2.34. The van der Waals surface area contributed by atoms with Gasteiger partial charge in [-0.25, -0.2) is 8.78 Å². The van der Waals surface area contributed by atoms with E-state index >= 15 is 8.78 Å². The summed E-state index contributed by atoms with van der Waals surface area (Å²) >= 11 is 0. The molecule has 2 aliphatic heterocycles. The topological polar surface area (TPSA) is 87.1 Å². The van der Waals surface area contributed by atoms with Gasteiger partial charge in [0.2, 0.25) is 5.91 Å². The smallest absolute Gasteiger partial charge is 0.416 e. The maximum atomic E-state index is 17.1. The number of nitrogens with zero attached hydrogens (tertiary/aromatic N) is 4. The number of likely N-dealkylation sites (N-methyl/N-ethyl adjacent to an activating group) is 1. The number of esters is 1. The molecule has 5 rings (SSSR count). The highest BCUT2D eigenvalue weighted by atomic mass is 19.4. The van der Waals surface area contributed by atoms with Gasteiger partial charge in [-0.2, -0.15) is 13.2 Å². The number of likely N-dealkylation sites (tertiary alicyclic amines) is 1. The highest BCUT2D eigenvalue weighted by Crippen LogP contribution is 2.39. The van der Waals surface area contributed by atoms with Crippen LogP contribution in [0.5, 0.6) is 0 Å². The highest BCUT2D eigenvalue weighted by molar-refractivity contribution is 5.82. The third-order valence-corrected chi connectivity index (χ3v) is 10.9. The summed E-state index contributed by atoms with van der Waals surface area (Å²) in [7, 11) is 2.07. The van der Waals surface area contributed by atoms with E-state index in [0.29, 0.717) is 18.2 Å². The van der Waals surface area contributed by atoms with Crippen LogP contribution < -0.4 is 15.8 Å². The first-order valence-corrected chi connectivity index (χ1v) is 19.4. The molecular formula is C42H54F5N5O4. The Labute approximate surface area is 325 Å². The molecule has 56 heavy (non-hydrogen) atoms. The number of nitrogens with one attached hydrogen (secondary N) is 1. The lowest BCUT2D eigenvalue weighted by molar-refractivity contribution is -0.144. The summed E-state index contributed by atoms with van der Waals surface area (Å²) in [5.41, 5.74) is 0.398. The number of hydrogen-bond donors (Lipinski definition) is 1. The molecule has 0 spiro atoms. The molecule has 0 unspecified atom stereocenters. The molecule has 1 N–H and O–H groups in total. The fraction of sp³-hybridized carbons (Fsp3) is 0.548. The second-order valence-corrected chi connectivity index (χ2v) is 15.6. The molecular weight excluding hydrogens is 733 g/mol. The molecule has 1 amide bonds. The molecule has 2 aromatic carbocycles. The van der Waals surface area contributed by atoms with E-state index in [1.165, 1.54) is 13.0 Å². The van der Waals surface area contributed by atoms with Gasteiger partial charge in [-0.3, -0.25) is 14.4 Å². The van der Waals surface area contributed by atoms with Crippen molar-refractivity contribution in [3.8, 4) is 11.1 Å². The first kappa shape index (κ1) is 42.8. The van der Waals surface area contributed by atoms with Crippen molar-refractivity contribution in [3.63, 3.8) is 0 Å². The monoisotopic (exact) mass is 787 g/mol. The SMILES string of the molecule is CCOC(=O)C[C@H](NC(=O)[C@H](CC(C)C)n1cc(CCN2CCC2)c(C(F)(F)F)cc1=O)c1c(F)c(C)cc(-c2c(C)cc(N3CCN(C)CC3)cc2C)c1F. The average molecular weight is 788 g/mol. The minimum Gasteiger partial charge on any atom is -0.466 e. The summed E-state index contributed by atoms with van der Waals surface area (Å²) in [5, 5.41) is 2.64. The Balaban J connectivity index is 1.57. The van der Waals surface area contributed by atoms with Crippen LogP contribution in [0, 0.1) is 38.3 Å². The van der Waals surface area contributed by atoms with Gasteiger partial charge in [0.1, 0.15) is 17.7 Å². The Hall–Kier alpha value is -4.30. The predicted molar refractivity (Wildman–Crippen MR) is 207 cm³/mol. The van der Waals surface area contributed by atoms with Crippen molar-refractivity contribution in [3.05, 3.63) is 85.8 Å². The molecule has 9 nitrogen and oxygen atoms in total. The summed E-state index contributed by atoms with van der Waals surface area (Å²) < 4.78 is 82.0. The Kier molecular flexibility index (Phi) is 13.7. The molecule has 3 heterocycles. The van der Waals surface area contributed by atoms with Crippen LogP contribution >= 0.6 is 0 Å². The van der Waals surface area contributed by atoms with Gasteiger partial charge in [0.05, 0.1) is 24.6 Å². The summed E-state index contributed by atoms with van der Waals surface area (Å²) in [6, 6.07) is 2.91. The normalized spacial score (nSPS) is 16.5. The summed E-state index contributed by atoms with van der Waals surface area (Å²) in [5.74, 6) is -3.88. The van der Waals surface area contributed by atoms with E-state index < -0.39 is 64.9 Å². The number of halogens is 5. The molecule has 0 saturated carbocycles. The number of hydrogen-bond acceptors (Lipinski definition) is 7. The second kappa shape index (κ2) is 17.9. The van der Waals surface area contributed by atoms with Crippen molar-refractivity contribution >= 4 is 17.6 Å². The van der Waals surface area contributed by atoms with Crippen LogP contribution in [0.3, 0.4) is 0 Å². The first-order valence-electron chi connectivity index (χ1n) is 19.4. The molecule has 0 aliphatic carbocycles. The van der Waals surface area contributed by atoms with Gasteiger partial charge in [-0.1, -0.05) is 13.8 Å². The van der Waals surface area contributed by atoms with Gasteiger partial charge in [-0.05, 0) is 119 Å². The van der Waals surface area contributed by atoms with E-state index in [-0.39, 0.29) is 42.1 Å². The van der Waals surface area contributed by atoms with Crippen molar-refractivity contribution < 1.29 is 36.3 Å². The number of aryl methyl sites for hydroxylation is 3. The van der Waals surface area contributed by atoms with Crippen molar-refractivity contribution in [2.24, 2.45) is 5.92 Å². The van der Waals surface area contributed by atoms with Crippen LogP contribution in [0.1, 0.15) is 85.5 Å². The minimum atomic E-state index is -4.80. The number of aromatic nitrogens is 1. The zero-order valence-corrected chi connectivity index (χ0v) is 33.4. The largest absolute Gasteiger partial charge is 0.466 e. The van der Waals surface area contributed by atoms with E-state index in [1.807, 2.05) is 30.9 Å². The molecule has 2 fully saturated rings. The number of anilines is 1. The van der Waals surface area contributed by atoms with Crippen LogP contribution in [0.15, 0.2) is 35.3 Å². The number of benzene rings is 2. The van der Waals surface area contributed by atoms with Crippen LogP contribution in [-0.4, -0.2) is 85.7 Å². The molecule has 1 aromatic heterocycles. The number of rotatable bonds is 14. The lowest BCUT2D eigenvalue weighted by atomic mass is 9.89.